The average Bonchev–Trinajstić information content (AvgIpc) is 2.59. The molecule has 3 aromatic rings. The van der Waals surface area contributed by atoms with Crippen LogP contribution < -0.4 is 5.32 Å². The molecule has 0 amide bonds. The van der Waals surface area contributed by atoms with Gasteiger partial charge in [0, 0.05) is 25.5 Å². The van der Waals surface area contributed by atoms with Gasteiger partial charge in [0.25, 0.3) is 0 Å². The summed E-state index contributed by atoms with van der Waals surface area (Å²) in [4.78, 5) is 3.78. The van der Waals surface area contributed by atoms with Crippen LogP contribution in [0.1, 0.15) is 11.1 Å². The minimum Gasteiger partial charge on any atom is -0.309 e. The van der Waals surface area contributed by atoms with Crippen molar-refractivity contribution in [3.8, 4) is 0 Å². The molecule has 0 saturated carbocycles. The van der Waals surface area contributed by atoms with Gasteiger partial charge < -0.3 is 5.32 Å². The maximum atomic E-state index is 3.78. The smallest absolute Gasteiger partial charge is 0.0267 e. The molecule has 0 aliphatic heterocycles. The van der Waals surface area contributed by atoms with Crippen LogP contribution >= 0.6 is 0 Å². The van der Waals surface area contributed by atoms with Crippen LogP contribution in [0.3, 0.4) is 0 Å². The molecule has 3 rings (SSSR count). The van der Waals surface area contributed by atoms with E-state index in [-0.39, 0.29) is 0 Å². The lowest BCUT2D eigenvalue weighted by molar-refractivity contribution is 0.693. The Morgan fingerprint density at radius 2 is 1.00 bits per heavy atom. The molecule has 0 unspecified atom stereocenters. The van der Waals surface area contributed by atoms with E-state index in [2.05, 4.69) is 58.8 Å². The van der Waals surface area contributed by atoms with Crippen molar-refractivity contribution >= 4 is 0 Å². The Morgan fingerprint density at radius 3 is 1.33 bits per heavy atom. The molecule has 2 heteroatoms. The first kappa shape index (κ1) is 14.9. The van der Waals surface area contributed by atoms with Gasteiger partial charge in [0.15, 0.2) is 0 Å². The molecule has 21 heavy (non-hydrogen) atoms. The third-order valence-corrected chi connectivity index (χ3v) is 2.91. The fraction of sp³-hybridized carbons (Fsp3) is 0.105. The molecule has 0 spiro atoms. The number of rotatable bonds is 4. The van der Waals surface area contributed by atoms with Gasteiger partial charge >= 0.3 is 0 Å². The third kappa shape index (κ3) is 6.50. The van der Waals surface area contributed by atoms with Gasteiger partial charge in [-0.2, -0.15) is 0 Å². The quantitative estimate of drug-likeness (QED) is 0.777. The summed E-state index contributed by atoms with van der Waals surface area (Å²) in [6, 6.07) is 26.6. The molecule has 0 bridgehead atoms. The van der Waals surface area contributed by atoms with E-state index in [4.69, 9.17) is 0 Å². The Bertz CT molecular complexity index is 514. The zero-order valence-electron chi connectivity index (χ0n) is 12.0. The molecule has 1 aromatic heterocycles. The zero-order chi connectivity index (χ0) is 14.6. The largest absolute Gasteiger partial charge is 0.309 e. The van der Waals surface area contributed by atoms with E-state index in [1.54, 1.807) is 12.4 Å². The van der Waals surface area contributed by atoms with E-state index < -0.39 is 0 Å². The minimum atomic E-state index is 0.926. The van der Waals surface area contributed by atoms with E-state index in [0.29, 0.717) is 0 Å². The minimum absolute atomic E-state index is 0.926. The molecule has 0 saturated heterocycles. The van der Waals surface area contributed by atoms with E-state index in [1.807, 2.05) is 30.3 Å². The molecule has 0 aliphatic rings. The molecule has 0 aliphatic carbocycles. The van der Waals surface area contributed by atoms with Crippen molar-refractivity contribution in [2.24, 2.45) is 0 Å². The molecule has 2 aromatic carbocycles. The SMILES string of the molecule is c1ccc(CNCc2ccccc2)cc1.c1ccncc1. The van der Waals surface area contributed by atoms with Crippen molar-refractivity contribution in [2.45, 2.75) is 13.1 Å². The van der Waals surface area contributed by atoms with Gasteiger partial charge in [-0.1, -0.05) is 66.7 Å². The lowest BCUT2D eigenvalue weighted by Crippen LogP contribution is -2.12. The van der Waals surface area contributed by atoms with Crippen LogP contribution in [0, 0.1) is 0 Å². The Labute approximate surface area is 126 Å². The zero-order valence-corrected chi connectivity index (χ0v) is 12.0. The van der Waals surface area contributed by atoms with Crippen molar-refractivity contribution in [3.63, 3.8) is 0 Å². The fourth-order valence-corrected chi connectivity index (χ4v) is 1.86. The van der Waals surface area contributed by atoms with Crippen molar-refractivity contribution < 1.29 is 0 Å². The summed E-state index contributed by atoms with van der Waals surface area (Å²) in [7, 11) is 0. The van der Waals surface area contributed by atoms with Crippen LogP contribution in [0.2, 0.25) is 0 Å². The van der Waals surface area contributed by atoms with Gasteiger partial charge in [-0.05, 0) is 23.3 Å². The molecular weight excluding hydrogens is 256 g/mol. The highest BCUT2D eigenvalue weighted by molar-refractivity contribution is 5.16. The van der Waals surface area contributed by atoms with E-state index in [0.717, 1.165) is 13.1 Å². The van der Waals surface area contributed by atoms with Crippen molar-refractivity contribution in [3.05, 3.63) is 102 Å². The van der Waals surface area contributed by atoms with Gasteiger partial charge in [0.1, 0.15) is 0 Å². The van der Waals surface area contributed by atoms with Crippen LogP contribution in [0.5, 0.6) is 0 Å². The highest BCUT2D eigenvalue weighted by Crippen LogP contribution is 2.00. The second kappa shape index (κ2) is 9.45. The lowest BCUT2D eigenvalue weighted by Gasteiger charge is -2.04. The first-order valence-electron chi connectivity index (χ1n) is 7.09. The molecule has 0 radical (unpaired) electrons. The second-order valence-corrected chi connectivity index (χ2v) is 4.60. The normalized spacial score (nSPS) is 9.52. The fourth-order valence-electron chi connectivity index (χ4n) is 1.86. The number of aromatic nitrogens is 1. The highest BCUT2D eigenvalue weighted by atomic mass is 14.8. The monoisotopic (exact) mass is 276 g/mol. The summed E-state index contributed by atoms with van der Waals surface area (Å²) in [6.45, 7) is 1.85. The maximum absolute atomic E-state index is 3.78. The van der Waals surface area contributed by atoms with Gasteiger partial charge in [-0.25, -0.2) is 0 Å². The predicted octanol–water partition coefficient (Wildman–Crippen LogP) is 4.06. The first-order chi connectivity index (χ1) is 10.4. The number of pyridine rings is 1. The molecule has 1 N–H and O–H groups in total. The molecule has 0 atom stereocenters. The van der Waals surface area contributed by atoms with Gasteiger partial charge in [-0.3, -0.25) is 4.98 Å². The van der Waals surface area contributed by atoms with E-state index >= 15 is 0 Å². The van der Waals surface area contributed by atoms with Crippen molar-refractivity contribution in [2.75, 3.05) is 0 Å². The second-order valence-electron chi connectivity index (χ2n) is 4.60. The van der Waals surface area contributed by atoms with Crippen molar-refractivity contribution in [1.82, 2.24) is 10.3 Å². The number of benzene rings is 2. The topological polar surface area (TPSA) is 24.9 Å². The molecular formula is C19H20N2. The molecule has 106 valence electrons. The Morgan fingerprint density at radius 1 is 0.571 bits per heavy atom. The first-order valence-corrected chi connectivity index (χ1v) is 7.09. The summed E-state index contributed by atoms with van der Waals surface area (Å²) >= 11 is 0. The van der Waals surface area contributed by atoms with Gasteiger partial charge in [0.2, 0.25) is 0 Å². The summed E-state index contributed by atoms with van der Waals surface area (Å²) in [5, 5.41) is 3.42. The Balaban J connectivity index is 0.000000225. The predicted molar refractivity (Wildman–Crippen MR) is 87.7 cm³/mol. The number of hydrogen-bond acceptors (Lipinski definition) is 2. The highest BCUT2D eigenvalue weighted by Gasteiger charge is 1.92. The summed E-state index contributed by atoms with van der Waals surface area (Å²) < 4.78 is 0. The van der Waals surface area contributed by atoms with Gasteiger partial charge in [0.05, 0.1) is 0 Å². The van der Waals surface area contributed by atoms with Crippen LogP contribution in [-0.2, 0) is 13.1 Å². The third-order valence-electron chi connectivity index (χ3n) is 2.91. The van der Waals surface area contributed by atoms with E-state index in [9.17, 15) is 0 Å². The standard InChI is InChI=1S/C14H15N.C5H5N/c1-3-7-13(8-4-1)11-15-12-14-9-5-2-6-10-14;1-2-4-6-5-3-1/h1-10,15H,11-12H2;1-5H. The number of hydrogen-bond donors (Lipinski definition) is 1. The summed E-state index contributed by atoms with van der Waals surface area (Å²) in [5.74, 6) is 0. The van der Waals surface area contributed by atoms with Crippen LogP contribution in [0.25, 0.3) is 0 Å². The van der Waals surface area contributed by atoms with E-state index in [1.165, 1.54) is 11.1 Å². The maximum Gasteiger partial charge on any atom is 0.0267 e. The van der Waals surface area contributed by atoms with Crippen molar-refractivity contribution in [1.29, 1.82) is 0 Å². The van der Waals surface area contributed by atoms with Crippen LogP contribution in [-0.4, -0.2) is 4.98 Å². The number of nitrogens with zero attached hydrogens (tertiary/aromatic N) is 1. The number of nitrogens with one attached hydrogen (secondary N) is 1. The van der Waals surface area contributed by atoms with Crippen LogP contribution in [0.4, 0.5) is 0 Å². The summed E-state index contributed by atoms with van der Waals surface area (Å²) in [6.07, 6.45) is 3.50. The molecule has 2 nitrogen and oxygen atoms in total. The molecule has 0 fully saturated rings. The Hall–Kier alpha value is -2.45. The average molecular weight is 276 g/mol. The lowest BCUT2D eigenvalue weighted by atomic mass is 10.2. The molecule has 1 heterocycles. The Kier molecular flexibility index (Phi) is 6.73. The van der Waals surface area contributed by atoms with Crippen LogP contribution in [0.15, 0.2) is 91.3 Å². The summed E-state index contributed by atoms with van der Waals surface area (Å²) in [5.41, 5.74) is 2.65. The van der Waals surface area contributed by atoms with Gasteiger partial charge in [-0.15, -0.1) is 0 Å².